The van der Waals surface area contributed by atoms with Gasteiger partial charge < -0.3 is 5.32 Å². The topological polar surface area (TPSA) is 63.2 Å². The lowest BCUT2D eigenvalue weighted by Crippen LogP contribution is -2.26. The molecule has 4 nitrogen and oxygen atoms in total. The highest BCUT2D eigenvalue weighted by molar-refractivity contribution is 7.91. The van der Waals surface area contributed by atoms with E-state index in [1.807, 2.05) is 31.2 Å². The van der Waals surface area contributed by atoms with E-state index in [0.29, 0.717) is 19.3 Å². The number of hydrogen-bond donors (Lipinski definition) is 1. The predicted molar refractivity (Wildman–Crippen MR) is 75.8 cm³/mol. The van der Waals surface area contributed by atoms with Crippen LogP contribution < -0.4 is 5.32 Å². The highest BCUT2D eigenvalue weighted by atomic mass is 32.2. The second-order valence-corrected chi connectivity index (χ2v) is 7.47. The van der Waals surface area contributed by atoms with Gasteiger partial charge in [-0.15, -0.1) is 0 Å². The van der Waals surface area contributed by atoms with Crippen molar-refractivity contribution >= 4 is 21.4 Å². The lowest BCUT2D eigenvalue weighted by Gasteiger charge is -2.21. The summed E-state index contributed by atoms with van der Waals surface area (Å²) >= 11 is 0. The third kappa shape index (κ3) is 4.06. The van der Waals surface area contributed by atoms with Gasteiger partial charge in [0.25, 0.3) is 0 Å². The normalized spacial score (nSPS) is 19.0. The first-order valence-electron chi connectivity index (χ1n) is 6.52. The van der Waals surface area contributed by atoms with Gasteiger partial charge in [-0.1, -0.05) is 18.2 Å². The molecular formula is C14H19NO3S. The largest absolute Gasteiger partial charge is 0.326 e. The number of benzene rings is 1. The van der Waals surface area contributed by atoms with Gasteiger partial charge in [0.2, 0.25) is 5.91 Å². The summed E-state index contributed by atoms with van der Waals surface area (Å²) in [7, 11) is -2.85. The molecule has 0 atom stereocenters. The second kappa shape index (κ2) is 5.74. The number of aryl methyl sites for hydroxylation is 1. The van der Waals surface area contributed by atoms with Crippen LogP contribution in [0.1, 0.15) is 24.8 Å². The van der Waals surface area contributed by atoms with Crippen molar-refractivity contribution in [3.05, 3.63) is 29.8 Å². The van der Waals surface area contributed by atoms with Gasteiger partial charge in [0.05, 0.1) is 11.5 Å². The Morgan fingerprint density at radius 2 is 1.89 bits per heavy atom. The number of amides is 1. The van der Waals surface area contributed by atoms with Crippen LogP contribution in [0.3, 0.4) is 0 Å². The maximum atomic E-state index is 11.9. The molecule has 104 valence electrons. The molecule has 0 spiro atoms. The third-order valence-corrected chi connectivity index (χ3v) is 5.28. The van der Waals surface area contributed by atoms with Gasteiger partial charge in [-0.3, -0.25) is 4.79 Å². The molecule has 1 N–H and O–H groups in total. The Bertz CT molecular complexity index is 552. The molecule has 0 unspecified atom stereocenters. The van der Waals surface area contributed by atoms with Crippen molar-refractivity contribution in [1.82, 2.24) is 0 Å². The maximum Gasteiger partial charge on any atom is 0.224 e. The number of carbonyl (C=O) groups excluding carboxylic acids is 1. The van der Waals surface area contributed by atoms with Gasteiger partial charge in [0.15, 0.2) is 0 Å². The molecule has 1 aromatic rings. The fourth-order valence-electron chi connectivity index (χ4n) is 2.32. The Hall–Kier alpha value is -1.36. The molecule has 2 rings (SSSR count). The predicted octanol–water partition coefficient (Wildman–Crippen LogP) is 2.15. The van der Waals surface area contributed by atoms with Crippen molar-refractivity contribution in [3.63, 3.8) is 0 Å². The van der Waals surface area contributed by atoms with E-state index in [9.17, 15) is 13.2 Å². The molecule has 0 aliphatic carbocycles. The Labute approximate surface area is 114 Å². The minimum atomic E-state index is -2.85. The minimum Gasteiger partial charge on any atom is -0.326 e. The summed E-state index contributed by atoms with van der Waals surface area (Å²) in [6.45, 7) is 1.95. The molecular weight excluding hydrogens is 262 g/mol. The van der Waals surface area contributed by atoms with Crippen LogP contribution in [0.15, 0.2) is 24.3 Å². The van der Waals surface area contributed by atoms with Gasteiger partial charge in [0, 0.05) is 12.1 Å². The monoisotopic (exact) mass is 281 g/mol. The zero-order chi connectivity index (χ0) is 13.9. The van der Waals surface area contributed by atoms with Crippen LogP contribution in [-0.2, 0) is 14.6 Å². The summed E-state index contributed by atoms with van der Waals surface area (Å²) in [5, 5.41) is 2.89. The van der Waals surface area contributed by atoms with E-state index < -0.39 is 9.84 Å². The summed E-state index contributed by atoms with van der Waals surface area (Å²) in [5.74, 6) is 0.594. The van der Waals surface area contributed by atoms with Crippen LogP contribution in [-0.4, -0.2) is 25.8 Å². The number of para-hydroxylation sites is 1. The lowest BCUT2D eigenvalue weighted by molar-refractivity contribution is -0.117. The second-order valence-electron chi connectivity index (χ2n) is 5.16. The summed E-state index contributed by atoms with van der Waals surface area (Å²) in [4.78, 5) is 11.9. The third-order valence-electron chi connectivity index (χ3n) is 3.57. The van der Waals surface area contributed by atoms with Crippen molar-refractivity contribution in [3.8, 4) is 0 Å². The van der Waals surface area contributed by atoms with Gasteiger partial charge in [-0.25, -0.2) is 8.42 Å². The highest BCUT2D eigenvalue weighted by Gasteiger charge is 2.25. The van der Waals surface area contributed by atoms with E-state index in [0.717, 1.165) is 11.3 Å². The Balaban J connectivity index is 1.87. The number of carbonyl (C=O) groups is 1. The molecule has 1 fully saturated rings. The van der Waals surface area contributed by atoms with E-state index >= 15 is 0 Å². The fourth-order valence-corrected chi connectivity index (χ4v) is 3.91. The highest BCUT2D eigenvalue weighted by Crippen LogP contribution is 2.23. The van der Waals surface area contributed by atoms with Crippen molar-refractivity contribution in [2.75, 3.05) is 16.8 Å². The van der Waals surface area contributed by atoms with E-state index in [1.165, 1.54) is 0 Å². The van der Waals surface area contributed by atoms with E-state index in [1.54, 1.807) is 0 Å². The first kappa shape index (κ1) is 14.1. The molecule has 1 amide bonds. The smallest absolute Gasteiger partial charge is 0.224 e. The molecule has 19 heavy (non-hydrogen) atoms. The summed E-state index contributed by atoms with van der Waals surface area (Å²) < 4.78 is 22.6. The van der Waals surface area contributed by atoms with Gasteiger partial charge >= 0.3 is 0 Å². The van der Waals surface area contributed by atoms with E-state index in [2.05, 4.69) is 5.32 Å². The number of nitrogens with one attached hydrogen (secondary N) is 1. The quantitative estimate of drug-likeness (QED) is 0.923. The first-order chi connectivity index (χ1) is 8.96. The first-order valence-corrected chi connectivity index (χ1v) is 8.34. The molecule has 1 aliphatic heterocycles. The Morgan fingerprint density at radius 1 is 1.26 bits per heavy atom. The molecule has 1 aliphatic rings. The van der Waals surface area contributed by atoms with Crippen LogP contribution in [0.4, 0.5) is 5.69 Å². The van der Waals surface area contributed by atoms with Crippen LogP contribution in [0, 0.1) is 12.8 Å². The van der Waals surface area contributed by atoms with Crippen LogP contribution >= 0.6 is 0 Å². The Morgan fingerprint density at radius 3 is 2.53 bits per heavy atom. The number of hydrogen-bond acceptors (Lipinski definition) is 3. The van der Waals surface area contributed by atoms with Crippen LogP contribution in [0.5, 0.6) is 0 Å². The molecule has 1 saturated heterocycles. The van der Waals surface area contributed by atoms with Gasteiger partial charge in [-0.2, -0.15) is 0 Å². The summed E-state index contributed by atoms with van der Waals surface area (Å²) in [5.41, 5.74) is 1.86. The SMILES string of the molecule is Cc1ccccc1NC(=O)CC1CCS(=O)(=O)CC1. The van der Waals surface area contributed by atoms with Crippen molar-refractivity contribution in [2.45, 2.75) is 26.2 Å². The summed E-state index contributed by atoms with van der Waals surface area (Å²) in [6.07, 6.45) is 1.61. The van der Waals surface area contributed by atoms with Crippen molar-refractivity contribution in [1.29, 1.82) is 0 Å². The number of rotatable bonds is 3. The number of sulfone groups is 1. The average molecular weight is 281 g/mol. The van der Waals surface area contributed by atoms with Crippen LogP contribution in [0.25, 0.3) is 0 Å². The lowest BCUT2D eigenvalue weighted by atomic mass is 9.98. The zero-order valence-corrected chi connectivity index (χ0v) is 11.9. The van der Waals surface area contributed by atoms with Gasteiger partial charge in [0.1, 0.15) is 9.84 Å². The molecule has 0 radical (unpaired) electrons. The zero-order valence-electron chi connectivity index (χ0n) is 11.1. The summed E-state index contributed by atoms with van der Waals surface area (Å²) in [6, 6.07) is 7.63. The van der Waals surface area contributed by atoms with Gasteiger partial charge in [-0.05, 0) is 37.3 Å². The molecule has 0 aromatic heterocycles. The molecule has 1 aromatic carbocycles. The van der Waals surface area contributed by atoms with Crippen molar-refractivity contribution < 1.29 is 13.2 Å². The average Bonchev–Trinajstić information content (AvgIpc) is 2.35. The number of anilines is 1. The maximum absolute atomic E-state index is 11.9. The van der Waals surface area contributed by atoms with E-state index in [-0.39, 0.29) is 23.3 Å². The van der Waals surface area contributed by atoms with Crippen molar-refractivity contribution in [2.24, 2.45) is 5.92 Å². The van der Waals surface area contributed by atoms with Crippen LogP contribution in [0.2, 0.25) is 0 Å². The fraction of sp³-hybridized carbons (Fsp3) is 0.500. The molecule has 5 heteroatoms. The standard InChI is InChI=1S/C14H19NO3S/c1-11-4-2-3-5-13(11)15-14(16)10-12-6-8-19(17,18)9-7-12/h2-5,12H,6-10H2,1H3,(H,15,16). The minimum absolute atomic E-state index is 0.0291. The molecule has 0 bridgehead atoms. The molecule has 1 heterocycles. The molecule has 0 saturated carbocycles. The Kier molecular flexibility index (Phi) is 4.24. The van der Waals surface area contributed by atoms with E-state index in [4.69, 9.17) is 0 Å².